The number of nitrogens with one attached hydrogen (secondary N) is 1. The highest BCUT2D eigenvalue weighted by Gasteiger charge is 2.09. The number of nitrogens with zero attached hydrogens (tertiary/aromatic N) is 2. The van der Waals surface area contributed by atoms with E-state index in [0.29, 0.717) is 12.1 Å². The van der Waals surface area contributed by atoms with Gasteiger partial charge in [-0.25, -0.2) is 0 Å². The summed E-state index contributed by atoms with van der Waals surface area (Å²) >= 11 is 0. The Kier molecular flexibility index (Phi) is 2.38. The van der Waals surface area contributed by atoms with Gasteiger partial charge < -0.3 is 5.11 Å². The number of rotatable bonds is 3. The van der Waals surface area contributed by atoms with Crippen molar-refractivity contribution < 1.29 is 5.11 Å². The van der Waals surface area contributed by atoms with Crippen LogP contribution in [0.2, 0.25) is 0 Å². The summed E-state index contributed by atoms with van der Waals surface area (Å²) in [6, 6.07) is 0. The monoisotopic (exact) mass is 153 g/mol. The normalized spacial score (nSPS) is 12.9. The lowest BCUT2D eigenvalue weighted by atomic mass is 10.1. The summed E-state index contributed by atoms with van der Waals surface area (Å²) in [5.74, 6) is 0. The molecular weight excluding hydrogens is 142 g/mol. The van der Waals surface area contributed by atoms with Crippen LogP contribution in [0, 0.1) is 0 Å². The zero-order valence-corrected chi connectivity index (χ0v) is 6.41. The summed E-state index contributed by atoms with van der Waals surface area (Å²) in [5, 5.41) is 19.2. The highest BCUT2D eigenvalue weighted by Crippen LogP contribution is 2.15. The maximum absolute atomic E-state index is 9.40. The predicted octanol–water partition coefficient (Wildman–Crippen LogP) is 0.804. The second-order valence-corrected chi connectivity index (χ2v) is 2.57. The third-order valence-corrected chi connectivity index (χ3v) is 1.32. The van der Waals surface area contributed by atoms with Crippen LogP contribution in [0.15, 0.2) is 18.3 Å². The zero-order valence-electron chi connectivity index (χ0n) is 6.41. The molecule has 0 fully saturated rings. The first-order valence-corrected chi connectivity index (χ1v) is 3.38. The molecule has 4 nitrogen and oxygen atoms in total. The summed E-state index contributed by atoms with van der Waals surface area (Å²) in [6.45, 7) is 5.55. The van der Waals surface area contributed by atoms with E-state index in [1.165, 1.54) is 6.20 Å². The standard InChI is InChI=1S/C7H11N3O/c1-5(2)3-7(11)6-4-8-10-9-6/h4,7,11H,1,3H2,2H3,(H,8,9,10). The fourth-order valence-corrected chi connectivity index (χ4v) is 0.806. The molecule has 0 bridgehead atoms. The summed E-state index contributed by atoms with van der Waals surface area (Å²) < 4.78 is 0. The minimum Gasteiger partial charge on any atom is -0.386 e. The Hall–Kier alpha value is -1.16. The molecule has 0 saturated heterocycles. The maximum Gasteiger partial charge on any atom is 0.111 e. The molecule has 1 aromatic rings. The molecule has 1 atom stereocenters. The van der Waals surface area contributed by atoms with Crippen molar-refractivity contribution in [3.63, 3.8) is 0 Å². The van der Waals surface area contributed by atoms with Gasteiger partial charge in [0.25, 0.3) is 0 Å². The molecule has 0 amide bonds. The van der Waals surface area contributed by atoms with Crippen molar-refractivity contribution in [1.82, 2.24) is 15.4 Å². The molecule has 1 heterocycles. The molecule has 0 aliphatic rings. The number of hydrogen-bond donors (Lipinski definition) is 2. The number of aliphatic hydroxyl groups is 1. The lowest BCUT2D eigenvalue weighted by Crippen LogP contribution is -1.97. The first kappa shape index (κ1) is 7.94. The maximum atomic E-state index is 9.40. The van der Waals surface area contributed by atoms with E-state index < -0.39 is 6.10 Å². The molecule has 1 aromatic heterocycles. The highest BCUT2D eigenvalue weighted by molar-refractivity contribution is 5.02. The first-order chi connectivity index (χ1) is 5.20. The van der Waals surface area contributed by atoms with E-state index in [1.807, 2.05) is 6.92 Å². The van der Waals surface area contributed by atoms with Crippen LogP contribution in [0.5, 0.6) is 0 Å². The van der Waals surface area contributed by atoms with Crippen molar-refractivity contribution in [2.75, 3.05) is 0 Å². The Morgan fingerprint density at radius 3 is 3.09 bits per heavy atom. The van der Waals surface area contributed by atoms with Gasteiger partial charge in [0.1, 0.15) is 11.8 Å². The van der Waals surface area contributed by atoms with Crippen molar-refractivity contribution in [2.45, 2.75) is 19.4 Å². The topological polar surface area (TPSA) is 61.8 Å². The number of aromatic nitrogens is 3. The van der Waals surface area contributed by atoms with Gasteiger partial charge in [-0.3, -0.25) is 0 Å². The Morgan fingerprint density at radius 2 is 2.64 bits per heavy atom. The second kappa shape index (κ2) is 3.30. The Labute approximate surface area is 64.9 Å². The smallest absolute Gasteiger partial charge is 0.111 e. The zero-order chi connectivity index (χ0) is 8.27. The van der Waals surface area contributed by atoms with Crippen molar-refractivity contribution >= 4 is 0 Å². The van der Waals surface area contributed by atoms with Gasteiger partial charge in [0, 0.05) is 0 Å². The average molecular weight is 153 g/mol. The van der Waals surface area contributed by atoms with Gasteiger partial charge in [0.15, 0.2) is 0 Å². The number of H-pyrrole nitrogens is 1. The van der Waals surface area contributed by atoms with Gasteiger partial charge in [-0.2, -0.15) is 15.4 Å². The quantitative estimate of drug-likeness (QED) is 0.631. The Balaban J connectivity index is 2.56. The molecule has 1 unspecified atom stereocenters. The van der Waals surface area contributed by atoms with Gasteiger partial charge in [0.05, 0.1) is 6.20 Å². The van der Waals surface area contributed by atoms with E-state index >= 15 is 0 Å². The summed E-state index contributed by atoms with van der Waals surface area (Å²) in [4.78, 5) is 0. The molecular formula is C7H11N3O. The lowest BCUT2D eigenvalue weighted by Gasteiger charge is -2.04. The van der Waals surface area contributed by atoms with E-state index in [4.69, 9.17) is 0 Å². The molecule has 11 heavy (non-hydrogen) atoms. The lowest BCUT2D eigenvalue weighted by molar-refractivity contribution is 0.173. The Morgan fingerprint density at radius 1 is 1.91 bits per heavy atom. The minimum absolute atomic E-state index is 0.534. The number of aromatic amines is 1. The predicted molar refractivity (Wildman–Crippen MR) is 40.8 cm³/mol. The SMILES string of the molecule is C=C(C)CC(O)c1cn[nH]n1. The molecule has 4 heteroatoms. The van der Waals surface area contributed by atoms with E-state index in [2.05, 4.69) is 22.0 Å². The number of aliphatic hydroxyl groups excluding tert-OH is 1. The molecule has 2 N–H and O–H groups in total. The van der Waals surface area contributed by atoms with Crippen LogP contribution in [-0.4, -0.2) is 20.5 Å². The third kappa shape index (κ3) is 2.16. The van der Waals surface area contributed by atoms with Crippen LogP contribution in [0.3, 0.4) is 0 Å². The fraction of sp³-hybridized carbons (Fsp3) is 0.429. The molecule has 0 aromatic carbocycles. The van der Waals surface area contributed by atoms with Crippen molar-refractivity contribution in [2.24, 2.45) is 0 Å². The summed E-state index contributed by atoms with van der Waals surface area (Å²) in [7, 11) is 0. The van der Waals surface area contributed by atoms with Crippen LogP contribution in [0.1, 0.15) is 25.1 Å². The molecule has 0 saturated carbocycles. The van der Waals surface area contributed by atoms with E-state index in [0.717, 1.165) is 5.57 Å². The average Bonchev–Trinajstić information content (AvgIpc) is 2.35. The van der Waals surface area contributed by atoms with Gasteiger partial charge in [-0.15, -0.1) is 6.58 Å². The van der Waals surface area contributed by atoms with Crippen LogP contribution in [0.25, 0.3) is 0 Å². The largest absolute Gasteiger partial charge is 0.386 e. The first-order valence-electron chi connectivity index (χ1n) is 3.38. The third-order valence-electron chi connectivity index (χ3n) is 1.32. The van der Waals surface area contributed by atoms with Crippen LogP contribution in [-0.2, 0) is 0 Å². The van der Waals surface area contributed by atoms with Crippen LogP contribution < -0.4 is 0 Å². The van der Waals surface area contributed by atoms with Crippen LogP contribution >= 0.6 is 0 Å². The Bertz CT molecular complexity index is 230. The van der Waals surface area contributed by atoms with Gasteiger partial charge >= 0.3 is 0 Å². The van der Waals surface area contributed by atoms with Crippen LogP contribution in [0.4, 0.5) is 0 Å². The van der Waals surface area contributed by atoms with Gasteiger partial charge in [0.2, 0.25) is 0 Å². The van der Waals surface area contributed by atoms with Crippen molar-refractivity contribution in [1.29, 1.82) is 0 Å². The molecule has 0 aliphatic heterocycles. The van der Waals surface area contributed by atoms with E-state index in [1.54, 1.807) is 0 Å². The second-order valence-electron chi connectivity index (χ2n) is 2.57. The molecule has 0 spiro atoms. The molecule has 1 rings (SSSR count). The fourth-order valence-electron chi connectivity index (χ4n) is 0.806. The van der Waals surface area contributed by atoms with Crippen molar-refractivity contribution in [3.8, 4) is 0 Å². The molecule has 0 aliphatic carbocycles. The number of hydrogen-bond acceptors (Lipinski definition) is 3. The summed E-state index contributed by atoms with van der Waals surface area (Å²) in [6.07, 6.45) is 1.46. The highest BCUT2D eigenvalue weighted by atomic mass is 16.3. The molecule has 0 radical (unpaired) electrons. The summed E-state index contributed by atoms with van der Waals surface area (Å²) in [5.41, 5.74) is 1.49. The van der Waals surface area contributed by atoms with E-state index in [9.17, 15) is 5.11 Å². The molecule has 60 valence electrons. The van der Waals surface area contributed by atoms with Gasteiger partial charge in [-0.05, 0) is 13.3 Å². The van der Waals surface area contributed by atoms with Crippen molar-refractivity contribution in [3.05, 3.63) is 24.0 Å². The van der Waals surface area contributed by atoms with E-state index in [-0.39, 0.29) is 0 Å². The minimum atomic E-state index is -0.578. The van der Waals surface area contributed by atoms with Gasteiger partial charge in [-0.1, -0.05) is 5.57 Å².